The third-order valence-electron chi connectivity index (χ3n) is 4.65. The van der Waals surface area contributed by atoms with Gasteiger partial charge in [0.15, 0.2) is 11.9 Å². The van der Waals surface area contributed by atoms with E-state index in [0.717, 1.165) is 29.4 Å². The molecule has 1 aromatic heterocycles. The van der Waals surface area contributed by atoms with E-state index in [0.29, 0.717) is 29.2 Å². The van der Waals surface area contributed by atoms with Crippen molar-refractivity contribution in [2.24, 2.45) is 0 Å². The molecule has 5 heteroatoms. The lowest BCUT2D eigenvalue weighted by atomic mass is 9.96. The predicted octanol–water partition coefficient (Wildman–Crippen LogP) is 5.00. The van der Waals surface area contributed by atoms with Crippen molar-refractivity contribution in [1.82, 2.24) is 0 Å². The first kappa shape index (κ1) is 16.9. The molecule has 0 aliphatic heterocycles. The Kier molecular flexibility index (Phi) is 4.51. The Balaban J connectivity index is 1.80. The summed E-state index contributed by atoms with van der Waals surface area (Å²) in [5.74, 6) is 0.458. The number of ether oxygens (including phenoxy) is 1. The second kappa shape index (κ2) is 6.96. The molecule has 0 amide bonds. The molecule has 0 N–H and O–H groups in total. The van der Waals surface area contributed by atoms with Gasteiger partial charge in [0, 0.05) is 23.9 Å². The van der Waals surface area contributed by atoms with E-state index < -0.39 is 11.7 Å². The molecular formula is C21H17ClO4. The van der Waals surface area contributed by atoms with Crippen molar-refractivity contribution in [3.05, 3.63) is 64.0 Å². The molecule has 2 aromatic carbocycles. The van der Waals surface area contributed by atoms with Crippen molar-refractivity contribution in [2.45, 2.75) is 31.8 Å². The minimum Gasteiger partial charge on any atom is -0.481 e. The van der Waals surface area contributed by atoms with E-state index in [-0.39, 0.29) is 5.78 Å². The molecule has 0 unspecified atom stereocenters. The molecule has 1 aliphatic rings. The van der Waals surface area contributed by atoms with E-state index in [1.165, 1.54) is 6.07 Å². The molecular weight excluding hydrogens is 352 g/mol. The van der Waals surface area contributed by atoms with E-state index in [4.69, 9.17) is 20.8 Å². The third-order valence-corrected chi connectivity index (χ3v) is 4.95. The van der Waals surface area contributed by atoms with Crippen LogP contribution in [0.3, 0.4) is 0 Å². The summed E-state index contributed by atoms with van der Waals surface area (Å²) in [6, 6.07) is 14.4. The summed E-state index contributed by atoms with van der Waals surface area (Å²) in [6.07, 6.45) is 2.58. The lowest BCUT2D eigenvalue weighted by Gasteiger charge is -2.22. The first-order valence-corrected chi connectivity index (χ1v) is 9.02. The molecule has 1 atom stereocenters. The maximum Gasteiger partial charge on any atom is 0.336 e. The van der Waals surface area contributed by atoms with Gasteiger partial charge < -0.3 is 9.15 Å². The highest BCUT2D eigenvalue weighted by molar-refractivity contribution is 6.33. The van der Waals surface area contributed by atoms with Gasteiger partial charge in [-0.3, -0.25) is 4.79 Å². The fourth-order valence-electron chi connectivity index (χ4n) is 3.34. The molecule has 0 saturated heterocycles. The van der Waals surface area contributed by atoms with E-state index in [1.54, 1.807) is 12.1 Å². The highest BCUT2D eigenvalue weighted by Crippen LogP contribution is 2.36. The highest BCUT2D eigenvalue weighted by atomic mass is 35.5. The number of hydrogen-bond acceptors (Lipinski definition) is 4. The Labute approximate surface area is 155 Å². The molecule has 4 nitrogen and oxygen atoms in total. The van der Waals surface area contributed by atoms with Crippen molar-refractivity contribution in [2.75, 3.05) is 0 Å². The molecule has 0 bridgehead atoms. The number of carbonyl (C=O) groups is 1. The number of fused-ring (bicyclic) bond motifs is 1. The Morgan fingerprint density at radius 1 is 1.04 bits per heavy atom. The molecule has 1 fully saturated rings. The maximum absolute atomic E-state index is 12.0. The molecule has 1 heterocycles. The molecule has 0 radical (unpaired) electrons. The quantitative estimate of drug-likeness (QED) is 0.610. The zero-order valence-electron chi connectivity index (χ0n) is 14.0. The van der Waals surface area contributed by atoms with Crippen LogP contribution in [0.4, 0.5) is 0 Å². The number of benzene rings is 2. The van der Waals surface area contributed by atoms with Crippen LogP contribution in [0.15, 0.2) is 57.7 Å². The summed E-state index contributed by atoms with van der Waals surface area (Å²) in [6.45, 7) is 0. The number of halogens is 1. The van der Waals surface area contributed by atoms with Crippen molar-refractivity contribution < 1.29 is 13.9 Å². The first-order chi connectivity index (χ1) is 12.6. The number of hydrogen-bond donors (Lipinski definition) is 0. The van der Waals surface area contributed by atoms with Gasteiger partial charge >= 0.3 is 5.63 Å². The van der Waals surface area contributed by atoms with Crippen LogP contribution < -0.4 is 10.4 Å². The molecule has 1 aliphatic carbocycles. The summed E-state index contributed by atoms with van der Waals surface area (Å²) < 4.78 is 11.2. The smallest absolute Gasteiger partial charge is 0.336 e. The van der Waals surface area contributed by atoms with Crippen LogP contribution in [0, 0.1) is 0 Å². The van der Waals surface area contributed by atoms with Crippen LogP contribution in [0.5, 0.6) is 5.75 Å². The highest BCUT2D eigenvalue weighted by Gasteiger charge is 2.25. The lowest BCUT2D eigenvalue weighted by molar-refractivity contribution is -0.127. The monoisotopic (exact) mass is 368 g/mol. The fraction of sp³-hybridized carbons (Fsp3) is 0.238. The Bertz CT molecular complexity index is 1020. The minimum atomic E-state index is -0.484. The topological polar surface area (TPSA) is 56.5 Å². The van der Waals surface area contributed by atoms with Crippen LogP contribution in [-0.4, -0.2) is 11.9 Å². The number of rotatable bonds is 3. The lowest BCUT2D eigenvalue weighted by Crippen LogP contribution is -2.30. The summed E-state index contributed by atoms with van der Waals surface area (Å²) in [5.41, 5.74) is 1.59. The molecule has 132 valence electrons. The third kappa shape index (κ3) is 3.25. The van der Waals surface area contributed by atoms with Gasteiger partial charge in [0.2, 0.25) is 0 Å². The maximum atomic E-state index is 12.0. The van der Waals surface area contributed by atoms with Gasteiger partial charge in [0.25, 0.3) is 0 Å². The molecule has 4 rings (SSSR count). The fourth-order valence-corrected chi connectivity index (χ4v) is 3.55. The van der Waals surface area contributed by atoms with Crippen molar-refractivity contribution >= 4 is 28.4 Å². The van der Waals surface area contributed by atoms with Gasteiger partial charge in [-0.2, -0.15) is 0 Å². The average Bonchev–Trinajstić information content (AvgIpc) is 2.65. The van der Waals surface area contributed by atoms with Gasteiger partial charge in [0.05, 0.1) is 5.02 Å². The predicted molar refractivity (Wildman–Crippen MR) is 101 cm³/mol. The van der Waals surface area contributed by atoms with Crippen LogP contribution in [0.1, 0.15) is 25.7 Å². The molecule has 3 aromatic rings. The normalized spacial score (nSPS) is 17.4. The SMILES string of the molecule is O=C1CCCC[C@H]1Oc1cc2oc(=O)cc(-c3ccccc3)c2cc1Cl. The van der Waals surface area contributed by atoms with Crippen molar-refractivity contribution in [3.63, 3.8) is 0 Å². The number of Topliss-reactive ketones (excluding diaryl/α,β-unsaturated/α-hetero) is 1. The zero-order chi connectivity index (χ0) is 18.1. The molecule has 26 heavy (non-hydrogen) atoms. The van der Waals surface area contributed by atoms with E-state index >= 15 is 0 Å². The second-order valence-corrected chi connectivity index (χ2v) is 6.85. The summed E-state index contributed by atoms with van der Waals surface area (Å²) in [4.78, 5) is 24.0. The standard InChI is InChI=1S/C21H17ClO4/c22-16-10-15-14(13-6-2-1-3-7-13)11-21(24)26-19(15)12-20(16)25-18-9-5-4-8-17(18)23/h1-3,6-7,10-12,18H,4-5,8-9H2/t18-/m1/s1. The van der Waals surface area contributed by atoms with Crippen LogP contribution in [-0.2, 0) is 4.79 Å². The van der Waals surface area contributed by atoms with E-state index in [2.05, 4.69) is 0 Å². The van der Waals surface area contributed by atoms with Gasteiger partial charge in [-0.15, -0.1) is 0 Å². The van der Waals surface area contributed by atoms with E-state index in [9.17, 15) is 9.59 Å². The van der Waals surface area contributed by atoms with Crippen LogP contribution >= 0.6 is 11.6 Å². The van der Waals surface area contributed by atoms with Gasteiger partial charge in [0.1, 0.15) is 11.3 Å². The Morgan fingerprint density at radius 3 is 2.62 bits per heavy atom. The summed E-state index contributed by atoms with van der Waals surface area (Å²) in [7, 11) is 0. The largest absolute Gasteiger partial charge is 0.481 e. The van der Waals surface area contributed by atoms with Gasteiger partial charge in [-0.05, 0) is 36.5 Å². The summed E-state index contributed by atoms with van der Waals surface area (Å²) in [5, 5.41) is 1.12. The Hall–Kier alpha value is -2.59. The van der Waals surface area contributed by atoms with Crippen molar-refractivity contribution in [3.8, 4) is 16.9 Å². The molecule has 0 spiro atoms. The van der Waals surface area contributed by atoms with Crippen LogP contribution in [0.25, 0.3) is 22.1 Å². The second-order valence-electron chi connectivity index (χ2n) is 6.44. The van der Waals surface area contributed by atoms with Crippen molar-refractivity contribution in [1.29, 1.82) is 0 Å². The number of carbonyl (C=O) groups excluding carboxylic acids is 1. The first-order valence-electron chi connectivity index (χ1n) is 8.64. The zero-order valence-corrected chi connectivity index (χ0v) is 14.8. The molecule has 1 saturated carbocycles. The minimum absolute atomic E-state index is 0.0897. The Morgan fingerprint density at radius 2 is 1.85 bits per heavy atom. The number of ketones is 1. The van der Waals surface area contributed by atoms with Gasteiger partial charge in [-0.1, -0.05) is 41.9 Å². The van der Waals surface area contributed by atoms with E-state index in [1.807, 2.05) is 30.3 Å². The summed E-state index contributed by atoms with van der Waals surface area (Å²) >= 11 is 6.41. The van der Waals surface area contributed by atoms with Crippen LogP contribution in [0.2, 0.25) is 5.02 Å². The van der Waals surface area contributed by atoms with Gasteiger partial charge in [-0.25, -0.2) is 4.79 Å². The average molecular weight is 369 g/mol.